The van der Waals surface area contributed by atoms with E-state index in [-0.39, 0.29) is 60.8 Å². The minimum absolute atomic E-state index is 0.0248. The molecule has 0 radical (unpaired) electrons. The van der Waals surface area contributed by atoms with Crippen LogP contribution in [-0.2, 0) is 19.1 Å². The van der Waals surface area contributed by atoms with E-state index in [0.717, 1.165) is 12.0 Å². The van der Waals surface area contributed by atoms with Crippen molar-refractivity contribution in [1.29, 1.82) is 0 Å². The molecule has 0 spiro atoms. The Balaban J connectivity index is 1.15. The number of rotatable bonds is 6. The van der Waals surface area contributed by atoms with Gasteiger partial charge in [0, 0.05) is 12.1 Å². The number of ether oxygens (including phenoxy) is 1. The summed E-state index contributed by atoms with van der Waals surface area (Å²) in [5, 5.41) is 0. The summed E-state index contributed by atoms with van der Waals surface area (Å²) in [5.74, 6) is -0.181. The summed E-state index contributed by atoms with van der Waals surface area (Å²) in [6.07, 6.45) is 5.28. The molecule has 150 valence electrons. The van der Waals surface area contributed by atoms with Crippen LogP contribution in [0.2, 0.25) is 0 Å². The summed E-state index contributed by atoms with van der Waals surface area (Å²) < 4.78 is 5.07. The van der Waals surface area contributed by atoms with Gasteiger partial charge in [-0.1, -0.05) is 42.0 Å². The minimum Gasteiger partial charge on any atom is -0.457 e. The topological polar surface area (TPSA) is 80.8 Å². The number of carbonyl (C=O) groups is 4. The molecule has 4 aliphatic carbocycles. The average molecular weight is 393 g/mol. The van der Waals surface area contributed by atoms with Gasteiger partial charge >= 0.3 is 5.97 Å². The number of benzene rings is 1. The van der Waals surface area contributed by atoms with Crippen molar-refractivity contribution in [3.63, 3.8) is 0 Å². The summed E-state index contributed by atoms with van der Waals surface area (Å²) in [6, 6.07) is 7.04. The number of esters is 1. The quantitative estimate of drug-likeness (QED) is 0.320. The summed E-state index contributed by atoms with van der Waals surface area (Å²) in [7, 11) is 0. The van der Waals surface area contributed by atoms with Crippen LogP contribution in [0, 0.1) is 42.4 Å². The van der Waals surface area contributed by atoms with Crippen molar-refractivity contribution in [2.45, 2.75) is 19.8 Å². The molecule has 1 saturated heterocycles. The normalized spacial score (nSPS) is 33.5. The Bertz CT molecular complexity index is 897. The van der Waals surface area contributed by atoms with Crippen LogP contribution in [0.1, 0.15) is 28.8 Å². The zero-order valence-electron chi connectivity index (χ0n) is 16.2. The van der Waals surface area contributed by atoms with Crippen LogP contribution in [0.3, 0.4) is 0 Å². The van der Waals surface area contributed by atoms with Gasteiger partial charge in [-0.05, 0) is 37.0 Å². The molecule has 6 atom stereocenters. The first kappa shape index (κ1) is 18.3. The van der Waals surface area contributed by atoms with Gasteiger partial charge in [0.1, 0.15) is 0 Å². The number of ketones is 1. The molecule has 5 aliphatic rings. The van der Waals surface area contributed by atoms with Crippen LogP contribution >= 0.6 is 0 Å². The number of hydrogen-bond acceptors (Lipinski definition) is 5. The Hall–Kier alpha value is -2.76. The molecular weight excluding hydrogens is 370 g/mol. The number of amides is 2. The smallest absolute Gasteiger partial charge is 0.308 e. The zero-order chi connectivity index (χ0) is 20.3. The fraction of sp³-hybridized carbons (Fsp3) is 0.478. The van der Waals surface area contributed by atoms with Gasteiger partial charge in [0.25, 0.3) is 0 Å². The number of Topliss-reactive ketones (excluding diaryl/α,β-unsaturated/α-hetero) is 1. The Morgan fingerprint density at radius 3 is 2.17 bits per heavy atom. The number of carbonyl (C=O) groups excluding carboxylic acids is 4. The first-order valence-corrected chi connectivity index (χ1v) is 10.2. The predicted octanol–water partition coefficient (Wildman–Crippen LogP) is 2.16. The number of hydrogen-bond donors (Lipinski definition) is 0. The van der Waals surface area contributed by atoms with Gasteiger partial charge in [0.15, 0.2) is 12.4 Å². The van der Waals surface area contributed by atoms with Gasteiger partial charge in [-0.2, -0.15) is 0 Å². The third-order valence-electron chi connectivity index (χ3n) is 7.03. The molecule has 0 unspecified atom stereocenters. The maximum atomic E-state index is 12.9. The largest absolute Gasteiger partial charge is 0.457 e. The second-order valence-corrected chi connectivity index (χ2v) is 8.68. The molecule has 2 bridgehead atoms. The average Bonchev–Trinajstić information content (AvgIpc) is 3.50. The molecule has 1 aliphatic heterocycles. The lowest BCUT2D eigenvalue weighted by atomic mass is 9.63. The van der Waals surface area contributed by atoms with Crippen molar-refractivity contribution >= 4 is 23.6 Å². The Morgan fingerprint density at radius 1 is 1.00 bits per heavy atom. The number of aryl methyl sites for hydroxylation is 1. The Morgan fingerprint density at radius 2 is 1.59 bits per heavy atom. The third kappa shape index (κ3) is 2.93. The molecule has 2 saturated carbocycles. The van der Waals surface area contributed by atoms with Gasteiger partial charge in [-0.15, -0.1) is 0 Å². The fourth-order valence-electron chi connectivity index (χ4n) is 5.48. The molecule has 6 rings (SSSR count). The van der Waals surface area contributed by atoms with Crippen molar-refractivity contribution in [1.82, 2.24) is 4.90 Å². The SMILES string of the molecule is Cc1ccc(C(=O)COC(=O)CCN2C(=O)[C@@H]3[C@@H]4C=C[C@H]([C@H]5C[C@H]45)[C@H]3C2=O)cc1. The van der Waals surface area contributed by atoms with E-state index in [4.69, 9.17) is 4.74 Å². The van der Waals surface area contributed by atoms with E-state index in [0.29, 0.717) is 17.4 Å². The highest BCUT2D eigenvalue weighted by Crippen LogP contribution is 2.65. The molecular formula is C23H23NO5. The van der Waals surface area contributed by atoms with E-state index in [9.17, 15) is 19.2 Å². The lowest BCUT2D eigenvalue weighted by molar-refractivity contribution is -0.145. The van der Waals surface area contributed by atoms with Crippen molar-refractivity contribution in [3.8, 4) is 0 Å². The minimum atomic E-state index is -0.579. The monoisotopic (exact) mass is 393 g/mol. The van der Waals surface area contributed by atoms with E-state index in [1.165, 1.54) is 4.90 Å². The van der Waals surface area contributed by atoms with E-state index in [1.54, 1.807) is 12.1 Å². The van der Waals surface area contributed by atoms with Crippen LogP contribution in [-0.4, -0.2) is 41.6 Å². The number of likely N-dealkylation sites (tertiary alicyclic amines) is 1. The number of imide groups is 1. The van der Waals surface area contributed by atoms with Crippen LogP contribution in [0.25, 0.3) is 0 Å². The number of nitrogens with zero attached hydrogens (tertiary/aromatic N) is 1. The predicted molar refractivity (Wildman–Crippen MR) is 103 cm³/mol. The fourth-order valence-corrected chi connectivity index (χ4v) is 5.48. The summed E-state index contributed by atoms with van der Waals surface area (Å²) in [6.45, 7) is 1.61. The Kier molecular flexibility index (Phi) is 4.19. The summed E-state index contributed by atoms with van der Waals surface area (Å²) in [5.41, 5.74) is 1.53. The first-order chi connectivity index (χ1) is 14.0. The molecule has 3 fully saturated rings. The second kappa shape index (κ2) is 6.65. The molecule has 6 nitrogen and oxygen atoms in total. The molecule has 0 N–H and O–H groups in total. The molecule has 6 heteroatoms. The van der Waals surface area contributed by atoms with Gasteiger partial charge < -0.3 is 4.74 Å². The van der Waals surface area contributed by atoms with Crippen LogP contribution in [0.5, 0.6) is 0 Å². The van der Waals surface area contributed by atoms with Gasteiger partial charge in [-0.25, -0.2) is 0 Å². The van der Waals surface area contributed by atoms with E-state index < -0.39 is 5.97 Å². The van der Waals surface area contributed by atoms with Crippen molar-refractivity contribution in [2.24, 2.45) is 35.5 Å². The van der Waals surface area contributed by atoms with Gasteiger partial charge in [-0.3, -0.25) is 24.1 Å². The van der Waals surface area contributed by atoms with Crippen molar-refractivity contribution in [2.75, 3.05) is 13.2 Å². The lowest BCUT2D eigenvalue weighted by Crippen LogP contribution is -2.40. The van der Waals surface area contributed by atoms with Crippen molar-refractivity contribution < 1.29 is 23.9 Å². The first-order valence-electron chi connectivity index (χ1n) is 10.2. The van der Waals surface area contributed by atoms with E-state index in [1.807, 2.05) is 19.1 Å². The molecule has 1 heterocycles. The Labute approximate surface area is 168 Å². The lowest BCUT2D eigenvalue weighted by Gasteiger charge is -2.37. The van der Waals surface area contributed by atoms with Crippen LogP contribution in [0.4, 0.5) is 0 Å². The second-order valence-electron chi connectivity index (χ2n) is 8.68. The molecule has 1 aromatic rings. The van der Waals surface area contributed by atoms with E-state index in [2.05, 4.69) is 12.2 Å². The zero-order valence-corrected chi connectivity index (χ0v) is 16.2. The summed E-state index contributed by atoms with van der Waals surface area (Å²) >= 11 is 0. The van der Waals surface area contributed by atoms with Gasteiger partial charge in [0.2, 0.25) is 11.8 Å². The molecule has 1 aromatic carbocycles. The summed E-state index contributed by atoms with van der Waals surface area (Å²) in [4.78, 5) is 51.2. The maximum absolute atomic E-state index is 12.9. The highest BCUT2D eigenvalue weighted by atomic mass is 16.5. The highest BCUT2D eigenvalue weighted by molar-refractivity contribution is 6.06. The molecule has 0 aromatic heterocycles. The van der Waals surface area contributed by atoms with Gasteiger partial charge in [0.05, 0.1) is 18.3 Å². The molecule has 29 heavy (non-hydrogen) atoms. The van der Waals surface area contributed by atoms with Crippen LogP contribution in [0.15, 0.2) is 36.4 Å². The van der Waals surface area contributed by atoms with Crippen LogP contribution < -0.4 is 0 Å². The standard InChI is InChI=1S/C23H23NO5/c1-12-2-4-13(5-3-12)18(25)11-29-19(26)8-9-24-22(27)20-14-6-7-15(17-10-16(14)17)21(20)23(24)28/h2-7,14-17,20-21H,8-11H2,1H3/t14-,15-,16-,17-,20-,21-/m1/s1. The molecule has 2 amide bonds. The maximum Gasteiger partial charge on any atom is 0.308 e. The van der Waals surface area contributed by atoms with E-state index >= 15 is 0 Å². The third-order valence-corrected chi connectivity index (χ3v) is 7.03. The highest BCUT2D eigenvalue weighted by Gasteiger charge is 2.66. The number of allylic oxidation sites excluding steroid dienone is 2. The van der Waals surface area contributed by atoms with Crippen molar-refractivity contribution in [3.05, 3.63) is 47.5 Å².